The van der Waals surface area contributed by atoms with Gasteiger partial charge in [0, 0.05) is 18.5 Å². The van der Waals surface area contributed by atoms with E-state index in [0.717, 1.165) is 21.4 Å². The quantitative estimate of drug-likeness (QED) is 0.0860. The normalized spacial score (nSPS) is 34.8. The average molecular weight is 813 g/mol. The molecule has 0 aromatic carbocycles. The van der Waals surface area contributed by atoms with E-state index >= 15 is 0 Å². The molecule has 3 aliphatic heterocycles. The topological polar surface area (TPSA) is 415 Å². The molecule has 26 nitrogen and oxygen atoms in total. The molecule has 0 saturated carbocycles. The predicted octanol–water partition coefficient (Wildman–Crippen LogP) is -6.93. The number of nitrogens with zero attached hydrogens (tertiary/aromatic N) is 6. The van der Waals surface area contributed by atoms with E-state index in [9.17, 15) is 54.9 Å². The number of nitrogens with one attached hydrogen (secondary N) is 2. The first-order valence-corrected chi connectivity index (χ1v) is 17.0. The van der Waals surface area contributed by atoms with Crippen molar-refractivity contribution in [1.29, 1.82) is 0 Å². The van der Waals surface area contributed by atoms with Gasteiger partial charge in [0.2, 0.25) is 5.95 Å². The van der Waals surface area contributed by atoms with Crippen LogP contribution in [-0.2, 0) is 14.2 Å². The highest BCUT2D eigenvalue weighted by molar-refractivity contribution is 5.70. The molecule has 15 N–H and O–H groups in total. The van der Waals surface area contributed by atoms with Crippen molar-refractivity contribution < 1.29 is 60.2 Å². The Labute approximate surface area is 318 Å². The largest absolute Gasteiger partial charge is 0.394 e. The maximum absolute atomic E-state index is 11.7. The van der Waals surface area contributed by atoms with Crippen LogP contribution in [0.4, 0.5) is 11.8 Å². The van der Waals surface area contributed by atoms with Crippen molar-refractivity contribution in [1.82, 2.24) is 38.6 Å². The van der Waals surface area contributed by atoms with E-state index in [1.165, 1.54) is 43.9 Å². The molecule has 314 valence electrons. The molecule has 0 spiro atoms. The first-order chi connectivity index (χ1) is 26.6. The van der Waals surface area contributed by atoms with Crippen molar-refractivity contribution in [2.24, 2.45) is 0 Å². The molecule has 0 bridgehead atoms. The van der Waals surface area contributed by atoms with Gasteiger partial charge in [0.1, 0.15) is 59.2 Å². The number of imidazole rings is 1. The van der Waals surface area contributed by atoms with Crippen LogP contribution in [0.25, 0.3) is 11.2 Å². The number of nitrogen functional groups attached to an aromatic ring is 2. The summed E-state index contributed by atoms with van der Waals surface area (Å²) in [4.78, 5) is 61.6. The number of hydrogen-bond donors (Lipinski definition) is 13. The second kappa shape index (κ2) is 16.1. The number of ether oxygens (including phenoxy) is 3. The molecule has 4 aromatic heterocycles. The van der Waals surface area contributed by atoms with Crippen molar-refractivity contribution in [2.45, 2.75) is 92.9 Å². The van der Waals surface area contributed by atoms with Gasteiger partial charge in [-0.05, 0) is 26.8 Å². The molecule has 0 radical (unpaired) electrons. The minimum absolute atomic E-state index is 0.0329. The summed E-state index contributed by atoms with van der Waals surface area (Å²) in [6.45, 7) is 2.55. The Morgan fingerprint density at radius 3 is 1.60 bits per heavy atom. The first-order valence-electron chi connectivity index (χ1n) is 17.0. The first kappa shape index (κ1) is 43.2. The molecule has 26 heteroatoms. The number of aromatic amines is 2. The molecule has 0 aliphatic carbocycles. The molecule has 3 saturated heterocycles. The predicted molar refractivity (Wildman–Crippen MR) is 190 cm³/mol. The fraction of sp³-hybridized carbons (Fsp3) is 0.581. The van der Waals surface area contributed by atoms with E-state index in [1.807, 2.05) is 4.98 Å². The van der Waals surface area contributed by atoms with E-state index in [-0.39, 0.29) is 22.9 Å². The molecular formula is C31H44N10O16. The number of aromatic nitrogens is 8. The Kier molecular flexibility index (Phi) is 12.2. The van der Waals surface area contributed by atoms with E-state index < -0.39 is 114 Å². The zero-order chi connectivity index (χ0) is 42.4. The molecular weight excluding hydrogens is 768 g/mol. The minimum Gasteiger partial charge on any atom is -0.394 e. The summed E-state index contributed by atoms with van der Waals surface area (Å²) in [5, 5.41) is 87.5. The van der Waals surface area contributed by atoms with E-state index in [4.69, 9.17) is 35.9 Å². The van der Waals surface area contributed by atoms with Gasteiger partial charge in [0.05, 0.1) is 26.1 Å². The number of hydrogen-bond acceptors (Lipinski definition) is 21. The summed E-state index contributed by atoms with van der Waals surface area (Å²) in [5.74, 6) is -0.0562. The highest BCUT2D eigenvalue weighted by atomic mass is 16.6. The van der Waals surface area contributed by atoms with Crippen molar-refractivity contribution in [3.05, 3.63) is 72.5 Å². The number of aliphatic hydroxyl groups excluding tert-OH is 6. The molecule has 7 heterocycles. The van der Waals surface area contributed by atoms with Crippen LogP contribution >= 0.6 is 0 Å². The summed E-state index contributed by atoms with van der Waals surface area (Å²) >= 11 is 0. The van der Waals surface area contributed by atoms with Crippen LogP contribution in [-0.4, -0.2) is 158 Å². The average Bonchev–Trinajstić information content (AvgIpc) is 3.80. The van der Waals surface area contributed by atoms with Crippen LogP contribution in [0.15, 0.2) is 50.0 Å². The second-order valence-corrected chi connectivity index (χ2v) is 14.0. The Hall–Kier alpha value is -4.97. The lowest BCUT2D eigenvalue weighted by molar-refractivity contribution is -0.0987. The maximum atomic E-state index is 11.7. The fourth-order valence-corrected chi connectivity index (χ4v) is 6.50. The summed E-state index contributed by atoms with van der Waals surface area (Å²) < 4.78 is 19.3. The van der Waals surface area contributed by atoms with Gasteiger partial charge in [0.25, 0.3) is 11.1 Å². The van der Waals surface area contributed by atoms with Gasteiger partial charge in [-0.2, -0.15) is 9.97 Å². The number of fused-ring (bicyclic) bond motifs is 1. The zero-order valence-electron chi connectivity index (χ0n) is 30.4. The van der Waals surface area contributed by atoms with Crippen molar-refractivity contribution >= 4 is 22.9 Å². The number of anilines is 2. The van der Waals surface area contributed by atoms with Gasteiger partial charge in [-0.25, -0.2) is 14.6 Å². The molecule has 4 aromatic rings. The standard InChI is InChI=1S/C11H15N5O5.C10H15N3O5.C10H14N2O6/c1-11(20)6(18)4(2-17)21-9(11)16-3-13-5-7(16)14-10(12)15-8(5)19;1-10(17)7(15)5(4-14)18-8(10)13-3-2-6(11)12-9(13)16;1-10(17)7(15)5(4-13)18-8(10)12-3-2-6(14)11-9(12)16/h3-4,6,9,17-18,20H,2H2,1H3,(H3,12,14,15,19);2-3,5,7-8,14-15,17H,4H2,1H3,(H2,11,12,16);2-3,5,7-8,13,15,17H,4H2,1H3,(H,11,14,16)/t4-,6?,9-,11+;2*5-,7?,8-,10+/m111/s1. The summed E-state index contributed by atoms with van der Waals surface area (Å²) in [6, 6.07) is 2.47. The second-order valence-electron chi connectivity index (χ2n) is 14.0. The van der Waals surface area contributed by atoms with Crippen LogP contribution in [0, 0.1) is 0 Å². The van der Waals surface area contributed by atoms with Crippen molar-refractivity contribution in [3.63, 3.8) is 0 Å². The third kappa shape index (κ3) is 7.97. The molecule has 0 amide bonds. The Balaban J connectivity index is 0.000000164. The molecule has 3 fully saturated rings. The minimum atomic E-state index is -1.75. The van der Waals surface area contributed by atoms with Gasteiger partial charge < -0.3 is 71.6 Å². The third-order valence-electron chi connectivity index (χ3n) is 9.71. The monoisotopic (exact) mass is 812 g/mol. The van der Waals surface area contributed by atoms with E-state index in [2.05, 4.69) is 19.9 Å². The van der Waals surface area contributed by atoms with Crippen LogP contribution in [0.2, 0.25) is 0 Å². The Bertz CT molecular complexity index is 2290. The molecule has 12 atom stereocenters. The van der Waals surface area contributed by atoms with Crippen LogP contribution in [0.1, 0.15) is 39.5 Å². The zero-order valence-corrected chi connectivity index (χ0v) is 30.4. The lowest BCUT2D eigenvalue weighted by atomic mass is 9.96. The van der Waals surface area contributed by atoms with Crippen LogP contribution in [0.3, 0.4) is 0 Å². The third-order valence-corrected chi connectivity index (χ3v) is 9.71. The molecule has 3 unspecified atom stereocenters. The lowest BCUT2D eigenvalue weighted by Gasteiger charge is -2.27. The number of nitrogens with two attached hydrogens (primary N) is 2. The van der Waals surface area contributed by atoms with Crippen molar-refractivity contribution in [3.8, 4) is 0 Å². The Morgan fingerprint density at radius 2 is 1.16 bits per heavy atom. The number of aliphatic hydroxyl groups is 9. The maximum Gasteiger partial charge on any atom is 0.351 e. The van der Waals surface area contributed by atoms with Gasteiger partial charge in [-0.1, -0.05) is 0 Å². The summed E-state index contributed by atoms with van der Waals surface area (Å²) in [5.41, 5.74) is 3.28. The SMILES string of the molecule is C[C@]1(O)C(O)[C@@H](CO)O[C@H]1n1ccc(=O)[nH]c1=O.C[C@]1(O)C(O)[C@@H](CO)O[C@H]1n1ccc(N)nc1=O.C[C@]1(O)C(O)[C@@H](CO)O[C@H]1n1cnc2c(=O)[nH]c(N)nc21. The highest BCUT2D eigenvalue weighted by Crippen LogP contribution is 2.40. The van der Waals surface area contributed by atoms with Crippen LogP contribution in [0.5, 0.6) is 0 Å². The van der Waals surface area contributed by atoms with E-state index in [1.54, 1.807) is 0 Å². The highest BCUT2D eigenvalue weighted by Gasteiger charge is 2.55. The van der Waals surface area contributed by atoms with Gasteiger partial charge in [-0.15, -0.1) is 0 Å². The molecule has 3 aliphatic rings. The number of rotatable bonds is 6. The van der Waals surface area contributed by atoms with Crippen molar-refractivity contribution in [2.75, 3.05) is 31.3 Å². The number of H-pyrrole nitrogens is 2. The smallest absolute Gasteiger partial charge is 0.351 e. The van der Waals surface area contributed by atoms with E-state index in [0.29, 0.717) is 0 Å². The summed E-state index contributed by atoms with van der Waals surface area (Å²) in [6.07, 6.45) is -6.52. The van der Waals surface area contributed by atoms with Gasteiger partial charge in [0.15, 0.2) is 29.8 Å². The van der Waals surface area contributed by atoms with Gasteiger partial charge >= 0.3 is 11.4 Å². The summed E-state index contributed by atoms with van der Waals surface area (Å²) in [7, 11) is 0. The van der Waals surface area contributed by atoms with Gasteiger partial charge in [-0.3, -0.25) is 33.3 Å². The molecule has 7 rings (SSSR count). The fourth-order valence-electron chi connectivity index (χ4n) is 6.50. The Morgan fingerprint density at radius 1 is 0.702 bits per heavy atom. The molecule has 57 heavy (non-hydrogen) atoms. The van der Waals surface area contributed by atoms with Crippen LogP contribution < -0.4 is 34.0 Å². The lowest BCUT2D eigenvalue weighted by Crippen LogP contribution is -2.46.